The summed E-state index contributed by atoms with van der Waals surface area (Å²) in [5.41, 5.74) is 1.81. The van der Waals surface area contributed by atoms with E-state index >= 15 is 0 Å². The van der Waals surface area contributed by atoms with E-state index in [0.717, 1.165) is 16.5 Å². The summed E-state index contributed by atoms with van der Waals surface area (Å²) in [5.74, 6) is -0.722. The van der Waals surface area contributed by atoms with Crippen LogP contribution in [0.4, 0.5) is 0 Å². The molecule has 2 aromatic rings. The number of furan rings is 1. The highest BCUT2D eigenvalue weighted by atomic mass is 16.7. The van der Waals surface area contributed by atoms with Crippen molar-refractivity contribution < 1.29 is 13.9 Å². The molecule has 0 spiro atoms. The molecule has 2 heterocycles. The van der Waals surface area contributed by atoms with E-state index in [1.54, 1.807) is 6.26 Å². The van der Waals surface area contributed by atoms with Crippen LogP contribution in [0.5, 0.6) is 0 Å². The molecule has 1 N–H and O–H groups in total. The fraction of sp³-hybridized carbons (Fsp3) is 0.429. The molecule has 0 aliphatic carbocycles. The summed E-state index contributed by atoms with van der Waals surface area (Å²) in [6, 6.07) is 8.16. The van der Waals surface area contributed by atoms with Gasteiger partial charge in [0.05, 0.1) is 24.8 Å². The Balaban J connectivity index is 1.94. The van der Waals surface area contributed by atoms with Gasteiger partial charge >= 0.3 is 0 Å². The average molecular weight is 247 g/mol. The van der Waals surface area contributed by atoms with Crippen LogP contribution in [0.2, 0.25) is 0 Å². The first kappa shape index (κ1) is 11.7. The third kappa shape index (κ3) is 1.82. The van der Waals surface area contributed by atoms with E-state index in [9.17, 15) is 0 Å². The Hall–Kier alpha value is -1.36. The highest BCUT2D eigenvalue weighted by Gasteiger charge is 2.36. The summed E-state index contributed by atoms with van der Waals surface area (Å²) in [6.07, 6.45) is 1.73. The molecule has 0 radical (unpaired) electrons. The normalized spacial score (nSPS) is 28.7. The van der Waals surface area contributed by atoms with Crippen LogP contribution in [-0.4, -0.2) is 26.3 Å². The second-order valence-corrected chi connectivity index (χ2v) is 4.70. The third-order valence-corrected chi connectivity index (χ3v) is 3.50. The zero-order valence-electron chi connectivity index (χ0n) is 10.6. The van der Waals surface area contributed by atoms with Crippen molar-refractivity contribution in [2.24, 2.45) is 0 Å². The van der Waals surface area contributed by atoms with Gasteiger partial charge in [0.1, 0.15) is 11.8 Å². The van der Waals surface area contributed by atoms with Gasteiger partial charge in [0.25, 0.3) is 0 Å². The largest absolute Gasteiger partial charge is 0.464 e. The van der Waals surface area contributed by atoms with Crippen molar-refractivity contribution in [2.75, 3.05) is 20.3 Å². The van der Waals surface area contributed by atoms with Crippen molar-refractivity contribution in [2.45, 2.75) is 18.8 Å². The lowest BCUT2D eigenvalue weighted by Gasteiger charge is -2.37. The molecule has 0 unspecified atom stereocenters. The van der Waals surface area contributed by atoms with Crippen molar-refractivity contribution in [3.8, 4) is 0 Å². The lowest BCUT2D eigenvalue weighted by molar-refractivity contribution is -0.272. The molecular weight excluding hydrogens is 230 g/mol. The number of hydrogen-bond acceptors (Lipinski definition) is 4. The second-order valence-electron chi connectivity index (χ2n) is 4.70. The van der Waals surface area contributed by atoms with Crippen LogP contribution < -0.4 is 5.32 Å². The molecule has 0 amide bonds. The van der Waals surface area contributed by atoms with E-state index in [1.807, 2.05) is 38.2 Å². The minimum absolute atomic E-state index is 0.247. The third-order valence-electron chi connectivity index (χ3n) is 3.50. The average Bonchev–Trinajstić information content (AvgIpc) is 2.84. The van der Waals surface area contributed by atoms with Gasteiger partial charge in [-0.25, -0.2) is 0 Å². The van der Waals surface area contributed by atoms with E-state index < -0.39 is 5.79 Å². The monoisotopic (exact) mass is 247 g/mol. The Kier molecular flexibility index (Phi) is 2.86. The smallest absolute Gasteiger partial charge is 0.195 e. The SMILES string of the molecule is CNC1COC(C)(c2coc3ccccc23)OC1. The van der Waals surface area contributed by atoms with E-state index in [0.29, 0.717) is 13.2 Å². The number of fused-ring (bicyclic) bond motifs is 1. The van der Waals surface area contributed by atoms with Crippen LogP contribution in [0, 0.1) is 0 Å². The number of benzene rings is 1. The number of nitrogens with one attached hydrogen (secondary N) is 1. The maximum Gasteiger partial charge on any atom is 0.195 e. The number of para-hydroxylation sites is 1. The van der Waals surface area contributed by atoms with Crippen molar-refractivity contribution in [3.05, 3.63) is 36.1 Å². The topological polar surface area (TPSA) is 43.6 Å². The Morgan fingerprint density at radius 2 is 1.94 bits per heavy atom. The number of hydrogen-bond donors (Lipinski definition) is 1. The summed E-state index contributed by atoms with van der Waals surface area (Å²) in [7, 11) is 1.91. The molecule has 1 aliphatic heterocycles. The molecule has 1 aliphatic rings. The Morgan fingerprint density at radius 3 is 2.67 bits per heavy atom. The molecule has 4 heteroatoms. The van der Waals surface area contributed by atoms with E-state index in [4.69, 9.17) is 13.9 Å². The number of likely N-dealkylation sites (N-methyl/N-ethyl adjacent to an activating group) is 1. The van der Waals surface area contributed by atoms with Crippen molar-refractivity contribution in [1.82, 2.24) is 5.32 Å². The quantitative estimate of drug-likeness (QED) is 0.884. The van der Waals surface area contributed by atoms with E-state index in [1.165, 1.54) is 0 Å². The molecular formula is C14H17NO3. The summed E-state index contributed by atoms with van der Waals surface area (Å²) in [6.45, 7) is 3.20. The van der Waals surface area contributed by atoms with Crippen LogP contribution >= 0.6 is 0 Å². The van der Waals surface area contributed by atoms with Crippen molar-refractivity contribution in [3.63, 3.8) is 0 Å². The fourth-order valence-corrected chi connectivity index (χ4v) is 2.26. The molecule has 0 bridgehead atoms. The van der Waals surface area contributed by atoms with Gasteiger partial charge in [-0.05, 0) is 20.0 Å². The molecule has 1 aromatic heterocycles. The molecule has 4 nitrogen and oxygen atoms in total. The molecule has 0 saturated carbocycles. The molecule has 1 fully saturated rings. The minimum Gasteiger partial charge on any atom is -0.464 e. The first-order valence-corrected chi connectivity index (χ1v) is 6.15. The van der Waals surface area contributed by atoms with Crippen molar-refractivity contribution >= 4 is 11.0 Å². The fourth-order valence-electron chi connectivity index (χ4n) is 2.26. The summed E-state index contributed by atoms with van der Waals surface area (Å²) < 4.78 is 17.3. The first-order chi connectivity index (χ1) is 8.73. The number of ether oxygens (including phenoxy) is 2. The molecule has 18 heavy (non-hydrogen) atoms. The van der Waals surface area contributed by atoms with Crippen LogP contribution in [-0.2, 0) is 15.3 Å². The van der Waals surface area contributed by atoms with Gasteiger partial charge in [0, 0.05) is 5.39 Å². The van der Waals surface area contributed by atoms with Gasteiger partial charge in [-0.15, -0.1) is 0 Å². The first-order valence-electron chi connectivity index (χ1n) is 6.15. The summed E-state index contributed by atoms with van der Waals surface area (Å²) >= 11 is 0. The van der Waals surface area contributed by atoms with Crippen molar-refractivity contribution in [1.29, 1.82) is 0 Å². The lowest BCUT2D eigenvalue weighted by atomic mass is 10.1. The minimum atomic E-state index is -0.722. The van der Waals surface area contributed by atoms with Gasteiger partial charge in [0.15, 0.2) is 5.79 Å². The summed E-state index contributed by atoms with van der Waals surface area (Å²) in [5, 5.41) is 4.20. The molecule has 96 valence electrons. The Labute approximate surface area is 106 Å². The molecule has 3 rings (SSSR count). The van der Waals surface area contributed by atoms with E-state index in [-0.39, 0.29) is 6.04 Å². The zero-order valence-corrected chi connectivity index (χ0v) is 10.6. The van der Waals surface area contributed by atoms with Crippen LogP contribution in [0.15, 0.2) is 34.9 Å². The molecule has 1 aromatic carbocycles. The maximum absolute atomic E-state index is 5.88. The predicted molar refractivity (Wildman–Crippen MR) is 68.3 cm³/mol. The van der Waals surface area contributed by atoms with Gasteiger partial charge in [-0.2, -0.15) is 0 Å². The van der Waals surface area contributed by atoms with Gasteiger partial charge in [-0.3, -0.25) is 0 Å². The predicted octanol–water partition coefficient (Wildman–Crippen LogP) is 2.24. The number of rotatable bonds is 2. The van der Waals surface area contributed by atoms with Crippen LogP contribution in [0.25, 0.3) is 11.0 Å². The Morgan fingerprint density at radius 1 is 1.22 bits per heavy atom. The molecule has 0 atom stereocenters. The van der Waals surface area contributed by atoms with Crippen LogP contribution in [0.1, 0.15) is 12.5 Å². The highest BCUT2D eigenvalue weighted by molar-refractivity contribution is 5.81. The van der Waals surface area contributed by atoms with Crippen LogP contribution in [0.3, 0.4) is 0 Å². The zero-order chi connectivity index (χ0) is 12.6. The van der Waals surface area contributed by atoms with Gasteiger partial charge < -0.3 is 19.2 Å². The van der Waals surface area contributed by atoms with Gasteiger partial charge in [-0.1, -0.05) is 18.2 Å². The standard InChI is InChI=1S/C14H17NO3/c1-14(17-7-10(15-2)8-18-14)12-9-16-13-6-4-3-5-11(12)13/h3-6,9-10,15H,7-8H2,1-2H3. The maximum atomic E-state index is 5.88. The van der Waals surface area contributed by atoms with Gasteiger partial charge in [0.2, 0.25) is 0 Å². The summed E-state index contributed by atoms with van der Waals surface area (Å²) in [4.78, 5) is 0. The van der Waals surface area contributed by atoms with E-state index in [2.05, 4.69) is 5.32 Å². The lowest BCUT2D eigenvalue weighted by Crippen LogP contribution is -2.47. The highest BCUT2D eigenvalue weighted by Crippen LogP contribution is 2.36. The Bertz CT molecular complexity index is 541. The second kappa shape index (κ2) is 4.39. The molecule has 1 saturated heterocycles.